The number of hydrogen-bond acceptors (Lipinski definition) is 3. The molecule has 2 heterocycles. The van der Waals surface area contributed by atoms with Crippen molar-refractivity contribution in [1.82, 2.24) is 19.7 Å². The van der Waals surface area contributed by atoms with Crippen LogP contribution in [0.2, 0.25) is 0 Å². The first-order chi connectivity index (χ1) is 9.99. The SMILES string of the molecule is CCc1cc(-c2nc3c(C(=O)O)cc(F)cc3[nH]2)n(C)n1. The molecule has 0 spiro atoms. The normalized spacial score (nSPS) is 11.2. The molecule has 0 saturated carbocycles. The summed E-state index contributed by atoms with van der Waals surface area (Å²) >= 11 is 0. The molecule has 3 aromatic rings. The molecule has 0 radical (unpaired) electrons. The third-order valence-electron chi connectivity index (χ3n) is 3.32. The van der Waals surface area contributed by atoms with Crippen LogP contribution in [0.3, 0.4) is 0 Å². The average Bonchev–Trinajstić information content (AvgIpc) is 3.00. The number of rotatable bonds is 3. The summed E-state index contributed by atoms with van der Waals surface area (Å²) in [5.74, 6) is -1.36. The van der Waals surface area contributed by atoms with Crippen LogP contribution in [-0.4, -0.2) is 30.8 Å². The third kappa shape index (κ3) is 2.16. The summed E-state index contributed by atoms with van der Waals surface area (Å²) < 4.78 is 15.1. The minimum atomic E-state index is -1.21. The van der Waals surface area contributed by atoms with E-state index in [-0.39, 0.29) is 11.1 Å². The molecule has 21 heavy (non-hydrogen) atoms. The largest absolute Gasteiger partial charge is 0.478 e. The fourth-order valence-corrected chi connectivity index (χ4v) is 2.29. The maximum absolute atomic E-state index is 13.5. The number of benzene rings is 1. The van der Waals surface area contributed by atoms with Crippen LogP contribution in [0, 0.1) is 5.82 Å². The summed E-state index contributed by atoms with van der Waals surface area (Å²) in [5, 5.41) is 13.5. The van der Waals surface area contributed by atoms with E-state index in [9.17, 15) is 9.18 Å². The minimum absolute atomic E-state index is 0.162. The van der Waals surface area contributed by atoms with Gasteiger partial charge in [-0.2, -0.15) is 5.10 Å². The highest BCUT2D eigenvalue weighted by molar-refractivity contribution is 6.01. The van der Waals surface area contributed by atoms with Gasteiger partial charge in [0.1, 0.15) is 17.0 Å². The fraction of sp³-hybridized carbons (Fsp3) is 0.214. The van der Waals surface area contributed by atoms with Crippen LogP contribution in [0.5, 0.6) is 0 Å². The summed E-state index contributed by atoms with van der Waals surface area (Å²) in [7, 11) is 1.78. The van der Waals surface area contributed by atoms with Gasteiger partial charge in [0.2, 0.25) is 0 Å². The monoisotopic (exact) mass is 288 g/mol. The first-order valence-corrected chi connectivity index (χ1v) is 6.45. The molecule has 3 rings (SSSR count). The van der Waals surface area contributed by atoms with Gasteiger partial charge in [-0.15, -0.1) is 0 Å². The lowest BCUT2D eigenvalue weighted by Crippen LogP contribution is -1.98. The Balaban J connectivity index is 2.23. The van der Waals surface area contributed by atoms with Crippen LogP contribution in [0.1, 0.15) is 23.0 Å². The fourth-order valence-electron chi connectivity index (χ4n) is 2.29. The topological polar surface area (TPSA) is 83.8 Å². The van der Waals surface area contributed by atoms with E-state index in [1.54, 1.807) is 11.7 Å². The van der Waals surface area contributed by atoms with Crippen molar-refractivity contribution in [3.63, 3.8) is 0 Å². The molecule has 0 fully saturated rings. The van der Waals surface area contributed by atoms with Gasteiger partial charge in [0.15, 0.2) is 5.82 Å². The van der Waals surface area contributed by atoms with Gasteiger partial charge in [0.25, 0.3) is 0 Å². The second kappa shape index (κ2) is 4.69. The number of halogens is 1. The highest BCUT2D eigenvalue weighted by Crippen LogP contribution is 2.24. The van der Waals surface area contributed by atoms with Crippen molar-refractivity contribution in [2.45, 2.75) is 13.3 Å². The van der Waals surface area contributed by atoms with Gasteiger partial charge in [0.05, 0.1) is 16.8 Å². The molecule has 0 aliphatic heterocycles. The maximum atomic E-state index is 13.5. The number of imidazole rings is 1. The van der Waals surface area contributed by atoms with Crippen molar-refractivity contribution in [2.75, 3.05) is 0 Å². The van der Waals surface area contributed by atoms with Gasteiger partial charge in [-0.25, -0.2) is 14.2 Å². The lowest BCUT2D eigenvalue weighted by Gasteiger charge is -1.95. The molecule has 0 bridgehead atoms. The summed E-state index contributed by atoms with van der Waals surface area (Å²) in [4.78, 5) is 18.4. The molecule has 0 unspecified atom stereocenters. The van der Waals surface area contributed by atoms with Crippen molar-refractivity contribution < 1.29 is 14.3 Å². The zero-order chi connectivity index (χ0) is 15.1. The molecule has 2 aromatic heterocycles. The predicted octanol–water partition coefficient (Wildman–Crippen LogP) is 2.36. The number of hydrogen-bond donors (Lipinski definition) is 2. The summed E-state index contributed by atoms with van der Waals surface area (Å²) in [6, 6.07) is 4.07. The summed E-state index contributed by atoms with van der Waals surface area (Å²) in [5.41, 5.74) is 2.04. The van der Waals surface area contributed by atoms with Crippen molar-refractivity contribution in [1.29, 1.82) is 0 Å². The maximum Gasteiger partial charge on any atom is 0.338 e. The van der Waals surface area contributed by atoms with Crippen molar-refractivity contribution in [3.05, 3.63) is 35.3 Å². The van der Waals surface area contributed by atoms with E-state index < -0.39 is 11.8 Å². The first-order valence-electron chi connectivity index (χ1n) is 6.45. The Morgan fingerprint density at radius 2 is 2.19 bits per heavy atom. The first kappa shape index (κ1) is 13.3. The number of carbonyl (C=O) groups is 1. The number of aromatic carboxylic acids is 1. The van der Waals surface area contributed by atoms with Crippen LogP contribution in [0.4, 0.5) is 4.39 Å². The van der Waals surface area contributed by atoms with Gasteiger partial charge >= 0.3 is 5.97 Å². The third-order valence-corrected chi connectivity index (χ3v) is 3.32. The highest BCUT2D eigenvalue weighted by Gasteiger charge is 2.17. The molecular formula is C14H13FN4O2. The van der Waals surface area contributed by atoms with Gasteiger partial charge in [0, 0.05) is 7.05 Å². The smallest absolute Gasteiger partial charge is 0.338 e. The van der Waals surface area contributed by atoms with E-state index in [4.69, 9.17) is 5.11 Å². The predicted molar refractivity (Wildman–Crippen MR) is 74.6 cm³/mol. The number of H-pyrrole nitrogens is 1. The Morgan fingerprint density at radius 3 is 2.81 bits per heavy atom. The standard InChI is InChI=1S/C14H13FN4O2/c1-3-8-6-11(19(2)18-8)13-16-10-5-7(15)4-9(14(20)21)12(10)17-13/h4-6H,3H2,1-2H3,(H,16,17)(H,20,21). The van der Waals surface area contributed by atoms with Crippen LogP contribution in [-0.2, 0) is 13.5 Å². The number of aromatic amines is 1. The molecule has 0 aliphatic rings. The molecule has 1 aromatic carbocycles. The number of fused-ring (bicyclic) bond motifs is 1. The van der Waals surface area contributed by atoms with Crippen molar-refractivity contribution in [2.24, 2.45) is 7.05 Å². The number of nitrogens with zero attached hydrogens (tertiary/aromatic N) is 3. The lowest BCUT2D eigenvalue weighted by molar-refractivity contribution is 0.0698. The molecule has 0 amide bonds. The average molecular weight is 288 g/mol. The van der Waals surface area contributed by atoms with E-state index in [2.05, 4.69) is 15.1 Å². The zero-order valence-electron chi connectivity index (χ0n) is 11.5. The molecule has 7 heteroatoms. The van der Waals surface area contributed by atoms with Crippen LogP contribution in [0.25, 0.3) is 22.6 Å². The lowest BCUT2D eigenvalue weighted by atomic mass is 10.2. The Labute approximate surface area is 119 Å². The van der Waals surface area contributed by atoms with Crippen LogP contribution < -0.4 is 0 Å². The molecule has 2 N–H and O–H groups in total. The number of carboxylic acid groups (broad SMARTS) is 1. The van der Waals surface area contributed by atoms with Gasteiger partial charge < -0.3 is 10.1 Å². The highest BCUT2D eigenvalue weighted by atomic mass is 19.1. The molecule has 0 aliphatic carbocycles. The van der Waals surface area contributed by atoms with Crippen molar-refractivity contribution >= 4 is 17.0 Å². The number of aryl methyl sites for hydroxylation is 2. The van der Waals surface area contributed by atoms with Crippen molar-refractivity contribution in [3.8, 4) is 11.5 Å². The minimum Gasteiger partial charge on any atom is -0.478 e. The Morgan fingerprint density at radius 1 is 1.43 bits per heavy atom. The van der Waals surface area contributed by atoms with E-state index in [0.29, 0.717) is 11.3 Å². The molecule has 108 valence electrons. The van der Waals surface area contributed by atoms with E-state index in [1.165, 1.54) is 6.07 Å². The van der Waals surface area contributed by atoms with Crippen LogP contribution >= 0.6 is 0 Å². The number of carboxylic acids is 1. The Bertz CT molecular complexity index is 850. The molecule has 0 saturated heterocycles. The number of nitrogens with one attached hydrogen (secondary N) is 1. The molecule has 6 nitrogen and oxygen atoms in total. The summed E-state index contributed by atoms with van der Waals surface area (Å²) in [6.45, 7) is 1.99. The van der Waals surface area contributed by atoms with E-state index in [0.717, 1.165) is 23.9 Å². The van der Waals surface area contributed by atoms with Gasteiger partial charge in [-0.05, 0) is 24.6 Å². The second-order valence-electron chi connectivity index (χ2n) is 4.74. The molecule has 0 atom stereocenters. The van der Waals surface area contributed by atoms with E-state index >= 15 is 0 Å². The molecular weight excluding hydrogens is 275 g/mol. The zero-order valence-corrected chi connectivity index (χ0v) is 11.5. The van der Waals surface area contributed by atoms with E-state index in [1.807, 2.05) is 13.0 Å². The Hall–Kier alpha value is -2.70. The Kier molecular flexibility index (Phi) is 2.97. The van der Waals surface area contributed by atoms with Gasteiger partial charge in [-0.1, -0.05) is 6.92 Å². The quantitative estimate of drug-likeness (QED) is 0.775. The van der Waals surface area contributed by atoms with Crippen LogP contribution in [0.15, 0.2) is 18.2 Å². The summed E-state index contributed by atoms with van der Waals surface area (Å²) in [6.07, 6.45) is 0.781. The van der Waals surface area contributed by atoms with Gasteiger partial charge in [-0.3, -0.25) is 4.68 Å². The second-order valence-corrected chi connectivity index (χ2v) is 4.74. The number of aromatic nitrogens is 4.